The van der Waals surface area contributed by atoms with Gasteiger partial charge in [0.15, 0.2) is 0 Å². The molecule has 4 heteroatoms. The van der Waals surface area contributed by atoms with Crippen molar-refractivity contribution in [3.8, 4) is 0 Å². The van der Waals surface area contributed by atoms with Crippen molar-refractivity contribution in [1.82, 2.24) is 10.6 Å². The quantitative estimate of drug-likeness (QED) is 0.453. The second-order valence-electron chi connectivity index (χ2n) is 4.07. The molecule has 0 aromatic carbocycles. The minimum Gasteiger partial charge on any atom is -0.392 e. The van der Waals surface area contributed by atoms with Crippen molar-refractivity contribution in [2.45, 2.75) is 58.2 Å². The SMILES string of the molecule is CCCC(O)C(CC([CH]O)NCC)NCC. The van der Waals surface area contributed by atoms with E-state index in [-0.39, 0.29) is 18.2 Å². The zero-order valence-electron chi connectivity index (χ0n) is 10.7. The first-order chi connectivity index (χ1) is 7.69. The van der Waals surface area contributed by atoms with Gasteiger partial charge >= 0.3 is 0 Å². The molecule has 4 N–H and O–H groups in total. The lowest BCUT2D eigenvalue weighted by Crippen LogP contribution is -2.45. The van der Waals surface area contributed by atoms with Crippen LogP contribution >= 0.6 is 0 Å². The molecule has 3 unspecified atom stereocenters. The van der Waals surface area contributed by atoms with E-state index in [9.17, 15) is 5.11 Å². The van der Waals surface area contributed by atoms with E-state index in [1.54, 1.807) is 0 Å². The molecule has 0 fully saturated rings. The first-order valence-corrected chi connectivity index (χ1v) is 6.31. The van der Waals surface area contributed by atoms with E-state index >= 15 is 0 Å². The van der Waals surface area contributed by atoms with Crippen molar-refractivity contribution in [1.29, 1.82) is 0 Å². The van der Waals surface area contributed by atoms with Crippen LogP contribution in [0.15, 0.2) is 0 Å². The third-order valence-corrected chi connectivity index (χ3v) is 2.67. The van der Waals surface area contributed by atoms with Crippen molar-refractivity contribution in [2.24, 2.45) is 0 Å². The molecule has 0 aromatic heterocycles. The molecular formula is C12H27N2O2. The van der Waals surface area contributed by atoms with Crippen LogP contribution in [0.4, 0.5) is 0 Å². The highest BCUT2D eigenvalue weighted by molar-refractivity contribution is 4.84. The maximum Gasteiger partial charge on any atom is 0.0967 e. The van der Waals surface area contributed by atoms with Crippen LogP contribution in [0.25, 0.3) is 0 Å². The summed E-state index contributed by atoms with van der Waals surface area (Å²) in [5, 5.41) is 25.5. The maximum absolute atomic E-state index is 9.97. The minimum atomic E-state index is -0.342. The Morgan fingerprint density at radius 2 is 1.75 bits per heavy atom. The first-order valence-electron chi connectivity index (χ1n) is 6.31. The molecule has 97 valence electrons. The van der Waals surface area contributed by atoms with Crippen LogP contribution in [0.5, 0.6) is 0 Å². The molecule has 0 aromatic rings. The Labute approximate surface area is 99.4 Å². The van der Waals surface area contributed by atoms with Gasteiger partial charge in [0.25, 0.3) is 0 Å². The van der Waals surface area contributed by atoms with Crippen LogP contribution in [0.2, 0.25) is 0 Å². The average molecular weight is 231 g/mol. The van der Waals surface area contributed by atoms with Gasteiger partial charge < -0.3 is 20.8 Å². The molecule has 16 heavy (non-hydrogen) atoms. The highest BCUT2D eigenvalue weighted by atomic mass is 16.3. The molecule has 3 atom stereocenters. The fourth-order valence-electron chi connectivity index (χ4n) is 1.87. The minimum absolute atomic E-state index is 0.0393. The van der Waals surface area contributed by atoms with Gasteiger partial charge in [-0.1, -0.05) is 27.2 Å². The molecule has 0 heterocycles. The van der Waals surface area contributed by atoms with Gasteiger partial charge in [0.2, 0.25) is 0 Å². The number of hydrogen-bond donors (Lipinski definition) is 4. The largest absolute Gasteiger partial charge is 0.392 e. The summed E-state index contributed by atoms with van der Waals surface area (Å²) in [6, 6.07) is -0.0158. The van der Waals surface area contributed by atoms with Crippen molar-refractivity contribution in [2.75, 3.05) is 13.1 Å². The van der Waals surface area contributed by atoms with E-state index < -0.39 is 0 Å². The maximum atomic E-state index is 9.97. The molecule has 4 nitrogen and oxygen atoms in total. The van der Waals surface area contributed by atoms with Crippen LogP contribution in [0, 0.1) is 6.61 Å². The van der Waals surface area contributed by atoms with Gasteiger partial charge in [-0.15, -0.1) is 0 Å². The van der Waals surface area contributed by atoms with Gasteiger partial charge in [-0.2, -0.15) is 0 Å². The van der Waals surface area contributed by atoms with Gasteiger partial charge in [-0.05, 0) is 25.9 Å². The van der Waals surface area contributed by atoms with Gasteiger partial charge in [-0.25, -0.2) is 0 Å². The Morgan fingerprint density at radius 1 is 1.12 bits per heavy atom. The average Bonchev–Trinajstić information content (AvgIpc) is 2.27. The fourth-order valence-corrected chi connectivity index (χ4v) is 1.87. The summed E-state index contributed by atoms with van der Waals surface area (Å²) in [6.07, 6.45) is 2.13. The Balaban J connectivity index is 4.17. The van der Waals surface area contributed by atoms with Gasteiger partial charge in [0.05, 0.1) is 12.7 Å². The molecule has 0 aliphatic carbocycles. The summed E-state index contributed by atoms with van der Waals surface area (Å²) < 4.78 is 0. The van der Waals surface area contributed by atoms with Crippen molar-refractivity contribution in [3.05, 3.63) is 6.61 Å². The number of hydrogen-bond acceptors (Lipinski definition) is 4. The van der Waals surface area contributed by atoms with E-state index in [4.69, 9.17) is 5.11 Å². The van der Waals surface area contributed by atoms with Gasteiger partial charge in [-0.3, -0.25) is 0 Å². The normalized spacial score (nSPS) is 17.1. The summed E-state index contributed by atoms with van der Waals surface area (Å²) in [6.45, 7) is 8.90. The number of aliphatic hydroxyl groups excluding tert-OH is 2. The van der Waals surface area contributed by atoms with Crippen molar-refractivity contribution >= 4 is 0 Å². The Hall–Kier alpha value is -0.160. The predicted octanol–water partition coefficient (Wildman–Crippen LogP) is 1.03. The fraction of sp³-hybridized carbons (Fsp3) is 0.917. The van der Waals surface area contributed by atoms with Crippen LogP contribution in [0.1, 0.15) is 40.0 Å². The summed E-state index contributed by atoms with van der Waals surface area (Å²) in [4.78, 5) is 0. The molecule has 0 aliphatic rings. The topological polar surface area (TPSA) is 64.5 Å². The smallest absolute Gasteiger partial charge is 0.0967 e. The molecule has 0 spiro atoms. The monoisotopic (exact) mass is 231 g/mol. The lowest BCUT2D eigenvalue weighted by atomic mass is 9.99. The molecule has 0 saturated heterocycles. The van der Waals surface area contributed by atoms with Crippen LogP contribution in [-0.2, 0) is 0 Å². The number of rotatable bonds is 10. The number of likely N-dealkylation sites (N-methyl/N-ethyl adjacent to an activating group) is 2. The summed E-state index contributed by atoms with van der Waals surface area (Å²) in [5.41, 5.74) is 0. The highest BCUT2D eigenvalue weighted by Crippen LogP contribution is 2.09. The number of aliphatic hydroxyl groups is 2. The van der Waals surface area contributed by atoms with E-state index in [0.29, 0.717) is 6.42 Å². The molecule has 0 amide bonds. The van der Waals surface area contributed by atoms with Crippen molar-refractivity contribution < 1.29 is 10.2 Å². The second-order valence-corrected chi connectivity index (χ2v) is 4.07. The summed E-state index contributed by atoms with van der Waals surface area (Å²) >= 11 is 0. The molecule has 0 saturated carbocycles. The molecule has 0 bridgehead atoms. The Kier molecular flexibility index (Phi) is 9.92. The molecule has 0 rings (SSSR count). The third kappa shape index (κ3) is 6.43. The third-order valence-electron chi connectivity index (χ3n) is 2.67. The van der Waals surface area contributed by atoms with Crippen molar-refractivity contribution in [3.63, 3.8) is 0 Å². The predicted molar refractivity (Wildman–Crippen MR) is 66.7 cm³/mol. The Bertz CT molecular complexity index is 152. The summed E-state index contributed by atoms with van der Waals surface area (Å²) in [5.74, 6) is 0. The van der Waals surface area contributed by atoms with E-state index in [2.05, 4.69) is 17.6 Å². The van der Waals surface area contributed by atoms with E-state index in [1.807, 2.05) is 13.8 Å². The van der Waals surface area contributed by atoms with Crippen LogP contribution in [0.3, 0.4) is 0 Å². The second kappa shape index (κ2) is 10.0. The lowest BCUT2D eigenvalue weighted by Gasteiger charge is -2.27. The zero-order valence-corrected chi connectivity index (χ0v) is 10.7. The van der Waals surface area contributed by atoms with Gasteiger partial charge in [0, 0.05) is 12.1 Å². The van der Waals surface area contributed by atoms with E-state index in [0.717, 1.165) is 25.9 Å². The lowest BCUT2D eigenvalue weighted by molar-refractivity contribution is 0.107. The standard InChI is InChI=1S/C12H27N2O2/c1-4-7-12(16)11(14-6-3)8-10(9-15)13-5-2/h9-16H,4-8H2,1-3H3. The number of nitrogens with one attached hydrogen (secondary N) is 2. The van der Waals surface area contributed by atoms with Crippen LogP contribution < -0.4 is 10.6 Å². The molecular weight excluding hydrogens is 204 g/mol. The van der Waals surface area contributed by atoms with Gasteiger partial charge in [0.1, 0.15) is 0 Å². The summed E-state index contributed by atoms with van der Waals surface area (Å²) in [7, 11) is 0. The van der Waals surface area contributed by atoms with E-state index in [1.165, 1.54) is 6.61 Å². The molecule has 0 aliphatic heterocycles. The zero-order chi connectivity index (χ0) is 12.4. The highest BCUT2D eigenvalue weighted by Gasteiger charge is 2.21. The molecule has 1 radical (unpaired) electrons. The van der Waals surface area contributed by atoms with Crippen LogP contribution in [-0.4, -0.2) is 41.5 Å². The Morgan fingerprint density at radius 3 is 2.19 bits per heavy atom. The first kappa shape index (κ1) is 15.8.